The quantitative estimate of drug-likeness (QED) is 0.635. The zero-order valence-corrected chi connectivity index (χ0v) is 13.0. The summed E-state index contributed by atoms with van der Waals surface area (Å²) in [6, 6.07) is 9.33. The fourth-order valence-electron chi connectivity index (χ4n) is 2.42. The molecule has 0 aliphatic heterocycles. The highest BCUT2D eigenvalue weighted by Crippen LogP contribution is 2.28. The summed E-state index contributed by atoms with van der Waals surface area (Å²) in [5.41, 5.74) is 1.35. The van der Waals surface area contributed by atoms with Crippen LogP contribution in [0.4, 0.5) is 0 Å². The van der Waals surface area contributed by atoms with Crippen LogP contribution in [0.1, 0.15) is 63.9 Å². The average Bonchev–Trinajstić information content (AvgIpc) is 3.30. The molecule has 1 N–H and O–H groups in total. The predicted molar refractivity (Wildman–Crippen MR) is 85.5 cm³/mol. The smallest absolute Gasteiger partial charge is 0.122 e. The van der Waals surface area contributed by atoms with Gasteiger partial charge in [-0.1, -0.05) is 32.0 Å². The molecule has 1 aromatic rings. The molecule has 1 unspecified atom stereocenters. The SMILES string of the molecule is CCC(C)c1ccccc1OCCCCCNC1CC1. The molecule has 1 fully saturated rings. The van der Waals surface area contributed by atoms with Gasteiger partial charge in [0.15, 0.2) is 0 Å². The fraction of sp³-hybridized carbons (Fsp3) is 0.667. The summed E-state index contributed by atoms with van der Waals surface area (Å²) in [6.07, 6.45) is 7.61. The molecular weight excluding hydrogens is 246 g/mol. The third-order valence-electron chi connectivity index (χ3n) is 4.15. The molecule has 1 saturated carbocycles. The molecule has 0 saturated heterocycles. The lowest BCUT2D eigenvalue weighted by atomic mass is 9.98. The van der Waals surface area contributed by atoms with E-state index in [0.717, 1.165) is 31.2 Å². The van der Waals surface area contributed by atoms with E-state index in [9.17, 15) is 0 Å². The van der Waals surface area contributed by atoms with Crippen molar-refractivity contribution in [2.24, 2.45) is 0 Å². The van der Waals surface area contributed by atoms with Crippen molar-refractivity contribution < 1.29 is 4.74 Å². The van der Waals surface area contributed by atoms with Gasteiger partial charge < -0.3 is 10.1 Å². The van der Waals surface area contributed by atoms with E-state index in [0.29, 0.717) is 5.92 Å². The van der Waals surface area contributed by atoms with Gasteiger partial charge in [0.25, 0.3) is 0 Å². The van der Waals surface area contributed by atoms with E-state index in [1.54, 1.807) is 0 Å². The van der Waals surface area contributed by atoms with Crippen molar-refractivity contribution in [2.45, 2.75) is 64.3 Å². The molecule has 1 aliphatic carbocycles. The number of hydrogen-bond acceptors (Lipinski definition) is 2. The number of hydrogen-bond donors (Lipinski definition) is 1. The summed E-state index contributed by atoms with van der Waals surface area (Å²) in [5.74, 6) is 1.66. The van der Waals surface area contributed by atoms with Crippen molar-refractivity contribution in [3.8, 4) is 5.75 Å². The van der Waals surface area contributed by atoms with Gasteiger partial charge in [-0.3, -0.25) is 0 Å². The molecule has 20 heavy (non-hydrogen) atoms. The number of para-hydroxylation sites is 1. The van der Waals surface area contributed by atoms with E-state index in [-0.39, 0.29) is 0 Å². The van der Waals surface area contributed by atoms with Gasteiger partial charge in [-0.25, -0.2) is 0 Å². The maximum absolute atomic E-state index is 5.98. The van der Waals surface area contributed by atoms with Crippen LogP contribution in [-0.4, -0.2) is 19.2 Å². The van der Waals surface area contributed by atoms with Gasteiger partial charge in [0.05, 0.1) is 6.61 Å². The molecule has 0 radical (unpaired) electrons. The highest BCUT2D eigenvalue weighted by atomic mass is 16.5. The Balaban J connectivity index is 1.62. The summed E-state index contributed by atoms with van der Waals surface area (Å²) < 4.78 is 5.98. The topological polar surface area (TPSA) is 21.3 Å². The van der Waals surface area contributed by atoms with Crippen molar-refractivity contribution >= 4 is 0 Å². The van der Waals surface area contributed by atoms with Crippen LogP contribution in [-0.2, 0) is 0 Å². The highest BCUT2D eigenvalue weighted by Gasteiger charge is 2.19. The minimum absolute atomic E-state index is 0.578. The van der Waals surface area contributed by atoms with E-state index >= 15 is 0 Å². The molecule has 0 amide bonds. The van der Waals surface area contributed by atoms with Crippen LogP contribution in [0.25, 0.3) is 0 Å². The number of benzene rings is 1. The molecule has 0 spiro atoms. The number of rotatable bonds is 10. The number of ether oxygens (including phenoxy) is 1. The summed E-state index contributed by atoms with van der Waals surface area (Å²) in [7, 11) is 0. The van der Waals surface area contributed by atoms with Crippen LogP contribution in [0.5, 0.6) is 5.75 Å². The average molecular weight is 275 g/mol. The van der Waals surface area contributed by atoms with Crippen molar-refractivity contribution in [1.82, 2.24) is 5.32 Å². The molecule has 0 heterocycles. The number of nitrogens with one attached hydrogen (secondary N) is 1. The Labute approximate surface area is 123 Å². The van der Waals surface area contributed by atoms with Gasteiger partial charge in [-0.15, -0.1) is 0 Å². The first-order valence-electron chi connectivity index (χ1n) is 8.26. The Bertz CT molecular complexity index is 387. The van der Waals surface area contributed by atoms with Crippen LogP contribution in [0.2, 0.25) is 0 Å². The Kier molecular flexibility index (Phi) is 6.38. The Morgan fingerprint density at radius 1 is 1.20 bits per heavy atom. The first-order chi connectivity index (χ1) is 9.81. The van der Waals surface area contributed by atoms with Crippen molar-refractivity contribution in [2.75, 3.05) is 13.2 Å². The molecule has 2 nitrogen and oxygen atoms in total. The summed E-state index contributed by atoms with van der Waals surface area (Å²) in [6.45, 7) is 6.52. The summed E-state index contributed by atoms with van der Waals surface area (Å²) in [5, 5.41) is 3.56. The third kappa shape index (κ3) is 5.16. The molecule has 0 bridgehead atoms. The second-order valence-electron chi connectivity index (χ2n) is 5.98. The minimum Gasteiger partial charge on any atom is -0.493 e. The van der Waals surface area contributed by atoms with E-state index in [1.807, 2.05) is 0 Å². The molecular formula is C18H29NO. The normalized spacial score (nSPS) is 16.1. The van der Waals surface area contributed by atoms with Crippen LogP contribution in [0, 0.1) is 0 Å². The first-order valence-corrected chi connectivity index (χ1v) is 8.26. The second kappa shape index (κ2) is 8.31. The predicted octanol–water partition coefficient (Wildman–Crippen LogP) is 4.50. The van der Waals surface area contributed by atoms with Crippen molar-refractivity contribution in [3.63, 3.8) is 0 Å². The molecule has 1 aliphatic rings. The standard InChI is InChI=1S/C18H29NO/c1-3-15(2)17-9-5-6-10-18(17)20-14-8-4-7-13-19-16-11-12-16/h5-6,9-10,15-16,19H,3-4,7-8,11-14H2,1-2H3. The second-order valence-corrected chi connectivity index (χ2v) is 5.98. The Hall–Kier alpha value is -1.02. The fourth-order valence-corrected chi connectivity index (χ4v) is 2.42. The molecule has 1 aromatic carbocycles. The van der Waals surface area contributed by atoms with Crippen LogP contribution in [0.15, 0.2) is 24.3 Å². The van der Waals surface area contributed by atoms with E-state index in [1.165, 1.54) is 37.8 Å². The van der Waals surface area contributed by atoms with Crippen LogP contribution < -0.4 is 10.1 Å². The van der Waals surface area contributed by atoms with Gasteiger partial charge in [-0.05, 0) is 62.6 Å². The monoisotopic (exact) mass is 275 g/mol. The van der Waals surface area contributed by atoms with Gasteiger partial charge in [-0.2, -0.15) is 0 Å². The molecule has 112 valence electrons. The highest BCUT2D eigenvalue weighted by molar-refractivity contribution is 5.35. The maximum atomic E-state index is 5.98. The van der Waals surface area contributed by atoms with Crippen molar-refractivity contribution in [1.29, 1.82) is 0 Å². The summed E-state index contributed by atoms with van der Waals surface area (Å²) >= 11 is 0. The lowest BCUT2D eigenvalue weighted by molar-refractivity contribution is 0.300. The largest absolute Gasteiger partial charge is 0.493 e. The lowest BCUT2D eigenvalue weighted by Gasteiger charge is -2.15. The molecule has 2 rings (SSSR count). The Morgan fingerprint density at radius 3 is 2.75 bits per heavy atom. The van der Waals surface area contributed by atoms with Gasteiger partial charge in [0.1, 0.15) is 5.75 Å². The van der Waals surface area contributed by atoms with E-state index in [4.69, 9.17) is 4.74 Å². The van der Waals surface area contributed by atoms with Crippen LogP contribution in [0.3, 0.4) is 0 Å². The Morgan fingerprint density at radius 2 is 2.00 bits per heavy atom. The van der Waals surface area contributed by atoms with Gasteiger partial charge >= 0.3 is 0 Å². The van der Waals surface area contributed by atoms with Gasteiger partial charge in [0.2, 0.25) is 0 Å². The zero-order valence-electron chi connectivity index (χ0n) is 13.0. The third-order valence-corrected chi connectivity index (χ3v) is 4.15. The zero-order chi connectivity index (χ0) is 14.2. The summed E-state index contributed by atoms with van der Waals surface area (Å²) in [4.78, 5) is 0. The van der Waals surface area contributed by atoms with Gasteiger partial charge in [0, 0.05) is 6.04 Å². The minimum atomic E-state index is 0.578. The van der Waals surface area contributed by atoms with E-state index < -0.39 is 0 Å². The van der Waals surface area contributed by atoms with E-state index in [2.05, 4.69) is 43.4 Å². The number of unbranched alkanes of at least 4 members (excludes halogenated alkanes) is 2. The molecule has 0 aromatic heterocycles. The molecule has 1 atom stereocenters. The first kappa shape index (κ1) is 15.4. The maximum Gasteiger partial charge on any atom is 0.122 e. The lowest BCUT2D eigenvalue weighted by Crippen LogP contribution is -2.17. The molecule has 2 heteroatoms. The van der Waals surface area contributed by atoms with Crippen LogP contribution >= 0.6 is 0 Å². The van der Waals surface area contributed by atoms with Crippen molar-refractivity contribution in [3.05, 3.63) is 29.8 Å².